The number of carboxylic acids is 1. The van der Waals surface area contributed by atoms with Gasteiger partial charge in [-0.25, -0.2) is 0 Å². The molecule has 1 aromatic heterocycles. The van der Waals surface area contributed by atoms with Gasteiger partial charge in [0.1, 0.15) is 6.10 Å². The molecule has 0 aliphatic rings. The van der Waals surface area contributed by atoms with Gasteiger partial charge >= 0.3 is 11.9 Å². The molecule has 0 radical (unpaired) electrons. The molecule has 0 spiro atoms. The average Bonchev–Trinajstić information content (AvgIpc) is 2.75. The zero-order chi connectivity index (χ0) is 13.7. The van der Waals surface area contributed by atoms with Gasteiger partial charge in [-0.05, 0) is 17.0 Å². The fraction of sp³-hybridized carbons (Fsp3) is 0.455. The second-order valence-electron chi connectivity index (χ2n) is 3.71. The fourth-order valence-electron chi connectivity index (χ4n) is 1.38. The lowest BCUT2D eigenvalue weighted by Gasteiger charge is -2.15. The molecule has 0 aliphatic carbocycles. The number of carbonyl (C=O) groups excluding carboxylic acids is 1. The molecule has 2 unspecified atom stereocenters. The van der Waals surface area contributed by atoms with Crippen LogP contribution in [0.15, 0.2) is 11.4 Å². The van der Waals surface area contributed by atoms with E-state index in [1.54, 1.807) is 5.38 Å². The van der Waals surface area contributed by atoms with Crippen molar-refractivity contribution in [1.82, 2.24) is 0 Å². The van der Waals surface area contributed by atoms with Gasteiger partial charge < -0.3 is 20.1 Å². The number of esters is 1. The third kappa shape index (κ3) is 4.10. The number of methoxy groups -OCH3 is 1. The van der Waals surface area contributed by atoms with Crippen molar-refractivity contribution < 1.29 is 29.6 Å². The number of thiophene rings is 1. The van der Waals surface area contributed by atoms with E-state index >= 15 is 0 Å². The van der Waals surface area contributed by atoms with Gasteiger partial charge in [0.15, 0.2) is 0 Å². The van der Waals surface area contributed by atoms with E-state index in [4.69, 9.17) is 5.11 Å². The lowest BCUT2D eigenvalue weighted by atomic mass is 10.0. The van der Waals surface area contributed by atoms with Gasteiger partial charge in [-0.3, -0.25) is 9.59 Å². The maximum Gasteiger partial charge on any atom is 0.308 e. The van der Waals surface area contributed by atoms with E-state index in [1.165, 1.54) is 24.5 Å². The van der Waals surface area contributed by atoms with E-state index in [9.17, 15) is 19.8 Å². The number of rotatable bonds is 6. The summed E-state index contributed by atoms with van der Waals surface area (Å²) in [5, 5.41) is 29.6. The molecule has 1 heterocycles. The summed E-state index contributed by atoms with van der Waals surface area (Å²) in [6.45, 7) is 0. The quantitative estimate of drug-likeness (QED) is 0.646. The van der Waals surface area contributed by atoms with Crippen LogP contribution in [0.5, 0.6) is 0 Å². The predicted octanol–water partition coefficient (Wildman–Crippen LogP) is 0.333. The largest absolute Gasteiger partial charge is 0.481 e. The van der Waals surface area contributed by atoms with Gasteiger partial charge in [0, 0.05) is 4.88 Å². The Labute approximate surface area is 107 Å². The van der Waals surface area contributed by atoms with E-state index in [0.717, 1.165) is 0 Å². The highest BCUT2D eigenvalue weighted by atomic mass is 32.1. The second kappa shape index (κ2) is 6.48. The monoisotopic (exact) mass is 274 g/mol. The van der Waals surface area contributed by atoms with Gasteiger partial charge in [0.05, 0.1) is 26.1 Å². The summed E-state index contributed by atoms with van der Waals surface area (Å²) in [6, 6.07) is 1.50. The third-order valence-corrected chi connectivity index (χ3v) is 3.26. The van der Waals surface area contributed by atoms with E-state index in [-0.39, 0.29) is 12.8 Å². The van der Waals surface area contributed by atoms with E-state index in [0.29, 0.717) is 10.4 Å². The molecule has 0 bridgehead atoms. The minimum Gasteiger partial charge on any atom is -0.481 e. The van der Waals surface area contributed by atoms with Gasteiger partial charge in [0.25, 0.3) is 0 Å². The van der Waals surface area contributed by atoms with Crippen LogP contribution in [0.3, 0.4) is 0 Å². The molecule has 18 heavy (non-hydrogen) atoms. The van der Waals surface area contributed by atoms with E-state index < -0.39 is 24.1 Å². The standard InChI is InChI=1S/C11H14O6S/c1-17-10(15)4-8(12)11(16)6-2-7(18-5-6)3-9(13)14/h2,5,8,11-12,16H,3-4H2,1H3,(H,13,14). The topological polar surface area (TPSA) is 104 Å². The average molecular weight is 274 g/mol. The van der Waals surface area contributed by atoms with Crippen LogP contribution in [-0.4, -0.2) is 40.5 Å². The summed E-state index contributed by atoms with van der Waals surface area (Å²) in [4.78, 5) is 22.0. The minimum atomic E-state index is -1.27. The smallest absolute Gasteiger partial charge is 0.308 e. The van der Waals surface area contributed by atoms with Gasteiger partial charge in [-0.1, -0.05) is 0 Å². The number of carbonyl (C=O) groups is 2. The number of carboxylic acid groups (broad SMARTS) is 1. The molecule has 1 rings (SSSR count). The minimum absolute atomic E-state index is 0.134. The van der Waals surface area contributed by atoms with Crippen molar-refractivity contribution in [2.24, 2.45) is 0 Å². The molecule has 0 aromatic carbocycles. The predicted molar refractivity (Wildman–Crippen MR) is 63.3 cm³/mol. The number of aliphatic hydroxyl groups excluding tert-OH is 2. The lowest BCUT2D eigenvalue weighted by molar-refractivity contribution is -0.144. The summed E-state index contributed by atoms with van der Waals surface area (Å²) >= 11 is 1.18. The summed E-state index contributed by atoms with van der Waals surface area (Å²) < 4.78 is 4.38. The molecule has 2 atom stereocenters. The maximum absolute atomic E-state index is 10.9. The first-order chi connectivity index (χ1) is 8.43. The molecule has 1 aromatic rings. The SMILES string of the molecule is COC(=O)CC(O)C(O)c1csc(CC(=O)O)c1. The Kier molecular flexibility index (Phi) is 5.26. The second-order valence-corrected chi connectivity index (χ2v) is 4.71. The van der Waals surface area contributed by atoms with Crippen molar-refractivity contribution in [1.29, 1.82) is 0 Å². The molecular weight excluding hydrogens is 260 g/mol. The molecule has 3 N–H and O–H groups in total. The summed E-state index contributed by atoms with van der Waals surface area (Å²) in [7, 11) is 1.19. The van der Waals surface area contributed by atoms with Gasteiger partial charge in [0.2, 0.25) is 0 Å². The van der Waals surface area contributed by atoms with E-state index in [2.05, 4.69) is 4.74 Å². The zero-order valence-electron chi connectivity index (χ0n) is 9.70. The molecule has 100 valence electrons. The van der Waals surface area contributed by atoms with Crippen LogP contribution in [0.2, 0.25) is 0 Å². The van der Waals surface area contributed by atoms with Crippen LogP contribution in [0.1, 0.15) is 23.0 Å². The Morgan fingerprint density at radius 1 is 1.44 bits per heavy atom. The van der Waals surface area contributed by atoms with Gasteiger partial charge in [-0.2, -0.15) is 0 Å². The molecule has 6 nitrogen and oxygen atoms in total. The molecule has 0 aliphatic heterocycles. The highest BCUT2D eigenvalue weighted by Gasteiger charge is 2.23. The number of hydrogen-bond donors (Lipinski definition) is 3. The fourth-order valence-corrected chi connectivity index (χ4v) is 2.29. The Bertz CT molecular complexity index is 427. The molecule has 7 heteroatoms. The van der Waals surface area contributed by atoms with Crippen molar-refractivity contribution in [3.05, 3.63) is 21.9 Å². The molecule has 0 saturated heterocycles. The van der Waals surface area contributed by atoms with Crippen molar-refractivity contribution >= 4 is 23.3 Å². The Morgan fingerprint density at radius 3 is 2.67 bits per heavy atom. The van der Waals surface area contributed by atoms with E-state index in [1.807, 2.05) is 0 Å². The van der Waals surface area contributed by atoms with Gasteiger partial charge in [-0.15, -0.1) is 11.3 Å². The Balaban J connectivity index is 2.65. The van der Waals surface area contributed by atoms with Crippen LogP contribution >= 0.6 is 11.3 Å². The molecule has 0 saturated carbocycles. The van der Waals surface area contributed by atoms with Crippen molar-refractivity contribution in [2.75, 3.05) is 7.11 Å². The van der Waals surface area contributed by atoms with Crippen LogP contribution in [0.4, 0.5) is 0 Å². The number of aliphatic hydroxyl groups is 2. The maximum atomic E-state index is 10.9. The lowest BCUT2D eigenvalue weighted by Crippen LogP contribution is -2.22. The third-order valence-electron chi connectivity index (χ3n) is 2.31. The molecular formula is C11H14O6S. The van der Waals surface area contributed by atoms with Crippen LogP contribution in [0, 0.1) is 0 Å². The summed E-state index contributed by atoms with van der Waals surface area (Å²) in [6.07, 6.45) is -2.96. The van der Waals surface area contributed by atoms with Crippen LogP contribution in [-0.2, 0) is 20.7 Å². The van der Waals surface area contributed by atoms with Crippen molar-refractivity contribution in [3.8, 4) is 0 Å². The number of aliphatic carboxylic acids is 1. The first-order valence-corrected chi connectivity index (χ1v) is 6.04. The summed E-state index contributed by atoms with van der Waals surface area (Å²) in [5.41, 5.74) is 0.396. The van der Waals surface area contributed by atoms with Crippen LogP contribution in [0.25, 0.3) is 0 Å². The molecule has 0 amide bonds. The molecule has 0 fully saturated rings. The van der Waals surface area contributed by atoms with Crippen molar-refractivity contribution in [3.63, 3.8) is 0 Å². The number of ether oxygens (including phenoxy) is 1. The highest BCUT2D eigenvalue weighted by molar-refractivity contribution is 7.10. The Morgan fingerprint density at radius 2 is 2.11 bits per heavy atom. The zero-order valence-corrected chi connectivity index (χ0v) is 10.5. The Hall–Kier alpha value is -1.44. The first kappa shape index (κ1) is 14.6. The first-order valence-electron chi connectivity index (χ1n) is 5.16. The normalized spacial score (nSPS) is 13.9. The summed E-state index contributed by atoms with van der Waals surface area (Å²) in [5.74, 6) is -1.59. The van der Waals surface area contributed by atoms with Crippen LogP contribution < -0.4 is 0 Å². The number of hydrogen-bond acceptors (Lipinski definition) is 6. The highest BCUT2D eigenvalue weighted by Crippen LogP contribution is 2.25. The van der Waals surface area contributed by atoms with Crippen molar-refractivity contribution in [2.45, 2.75) is 25.0 Å².